The molecule has 0 radical (unpaired) electrons. The Kier molecular flexibility index (Phi) is 3.30. The summed E-state index contributed by atoms with van der Waals surface area (Å²) in [6.07, 6.45) is 0.513. The molecule has 0 N–H and O–H groups in total. The van der Waals surface area contributed by atoms with E-state index in [1.165, 1.54) is 10.1 Å². The lowest BCUT2D eigenvalue weighted by Crippen LogP contribution is -2.41. The van der Waals surface area contributed by atoms with Crippen molar-refractivity contribution in [2.45, 2.75) is 6.42 Å². The Balaban J connectivity index is 1.73. The standard InChI is InChI=1S/C14H15NO2S/c16-14(15-5-7-17-8-6-15)10-12-9-11-3-1-2-4-13(11)18-12/h1-4,9H,5-8,10H2. The fourth-order valence-electron chi connectivity index (χ4n) is 2.20. The van der Waals surface area contributed by atoms with Crippen LogP contribution in [-0.2, 0) is 16.0 Å². The van der Waals surface area contributed by atoms with Crippen molar-refractivity contribution < 1.29 is 9.53 Å². The van der Waals surface area contributed by atoms with E-state index < -0.39 is 0 Å². The summed E-state index contributed by atoms with van der Waals surface area (Å²) in [4.78, 5) is 15.2. The largest absolute Gasteiger partial charge is 0.378 e. The fraction of sp³-hybridized carbons (Fsp3) is 0.357. The van der Waals surface area contributed by atoms with Crippen molar-refractivity contribution in [2.24, 2.45) is 0 Å². The van der Waals surface area contributed by atoms with Crippen LogP contribution in [0.5, 0.6) is 0 Å². The Hall–Kier alpha value is -1.39. The molecule has 18 heavy (non-hydrogen) atoms. The van der Waals surface area contributed by atoms with Crippen molar-refractivity contribution in [2.75, 3.05) is 26.3 Å². The summed E-state index contributed by atoms with van der Waals surface area (Å²) in [6, 6.07) is 10.4. The quantitative estimate of drug-likeness (QED) is 0.830. The minimum atomic E-state index is 0.213. The maximum atomic E-state index is 12.1. The average Bonchev–Trinajstić information content (AvgIpc) is 2.82. The Morgan fingerprint density at radius 2 is 2.06 bits per heavy atom. The SMILES string of the molecule is O=C(Cc1cc2ccccc2s1)N1CCOCC1. The highest BCUT2D eigenvalue weighted by Crippen LogP contribution is 2.25. The molecule has 0 aliphatic carbocycles. The Bertz CT molecular complexity index is 525. The molecule has 2 heterocycles. The third kappa shape index (κ3) is 2.40. The molecular weight excluding hydrogens is 246 g/mol. The lowest BCUT2D eigenvalue weighted by molar-refractivity contribution is -0.134. The summed E-state index contributed by atoms with van der Waals surface area (Å²) in [5.41, 5.74) is 0. The van der Waals surface area contributed by atoms with Crippen LogP contribution in [0.3, 0.4) is 0 Å². The van der Waals surface area contributed by atoms with Crippen LogP contribution < -0.4 is 0 Å². The van der Waals surface area contributed by atoms with Gasteiger partial charge in [0.05, 0.1) is 19.6 Å². The van der Waals surface area contributed by atoms with Crippen LogP contribution in [0, 0.1) is 0 Å². The van der Waals surface area contributed by atoms with Gasteiger partial charge in [-0.2, -0.15) is 0 Å². The Morgan fingerprint density at radius 3 is 2.83 bits per heavy atom. The van der Waals surface area contributed by atoms with Gasteiger partial charge >= 0.3 is 0 Å². The van der Waals surface area contributed by atoms with Gasteiger partial charge in [-0.15, -0.1) is 11.3 Å². The van der Waals surface area contributed by atoms with Gasteiger partial charge in [0, 0.05) is 22.7 Å². The summed E-state index contributed by atoms with van der Waals surface area (Å²) in [7, 11) is 0. The second-order valence-electron chi connectivity index (χ2n) is 4.42. The van der Waals surface area contributed by atoms with E-state index in [0.717, 1.165) is 18.0 Å². The molecule has 0 unspecified atom stereocenters. The second kappa shape index (κ2) is 5.08. The van der Waals surface area contributed by atoms with E-state index in [0.29, 0.717) is 19.6 Å². The number of hydrogen-bond acceptors (Lipinski definition) is 3. The molecule has 1 aromatic heterocycles. The van der Waals surface area contributed by atoms with Crippen LogP contribution in [0.2, 0.25) is 0 Å². The third-order valence-corrected chi connectivity index (χ3v) is 4.28. The Morgan fingerprint density at radius 1 is 1.28 bits per heavy atom. The number of thiophene rings is 1. The molecule has 1 amide bonds. The number of carbonyl (C=O) groups is 1. The monoisotopic (exact) mass is 261 g/mol. The molecule has 0 saturated carbocycles. The minimum absolute atomic E-state index is 0.213. The molecule has 3 rings (SSSR count). The maximum Gasteiger partial charge on any atom is 0.227 e. The highest BCUT2D eigenvalue weighted by Gasteiger charge is 2.17. The minimum Gasteiger partial charge on any atom is -0.378 e. The van der Waals surface area contributed by atoms with Crippen LogP contribution in [0.15, 0.2) is 30.3 Å². The topological polar surface area (TPSA) is 29.5 Å². The van der Waals surface area contributed by atoms with Crippen molar-refractivity contribution in [1.82, 2.24) is 4.90 Å². The van der Waals surface area contributed by atoms with E-state index >= 15 is 0 Å². The third-order valence-electron chi connectivity index (χ3n) is 3.17. The molecule has 1 fully saturated rings. The van der Waals surface area contributed by atoms with Gasteiger partial charge in [-0.25, -0.2) is 0 Å². The first-order chi connectivity index (χ1) is 8.83. The van der Waals surface area contributed by atoms with Gasteiger partial charge in [0.15, 0.2) is 0 Å². The van der Waals surface area contributed by atoms with Crippen LogP contribution in [-0.4, -0.2) is 37.1 Å². The lowest BCUT2D eigenvalue weighted by Gasteiger charge is -2.26. The highest BCUT2D eigenvalue weighted by molar-refractivity contribution is 7.19. The summed E-state index contributed by atoms with van der Waals surface area (Å²) < 4.78 is 6.51. The first-order valence-electron chi connectivity index (χ1n) is 6.16. The zero-order valence-electron chi connectivity index (χ0n) is 10.1. The molecule has 0 atom stereocenters. The fourth-order valence-corrected chi connectivity index (χ4v) is 3.25. The van der Waals surface area contributed by atoms with E-state index in [1.807, 2.05) is 17.0 Å². The van der Waals surface area contributed by atoms with Gasteiger partial charge < -0.3 is 9.64 Å². The predicted molar refractivity (Wildman–Crippen MR) is 72.9 cm³/mol. The summed E-state index contributed by atoms with van der Waals surface area (Å²) in [6.45, 7) is 2.78. The van der Waals surface area contributed by atoms with E-state index in [4.69, 9.17) is 4.74 Å². The van der Waals surface area contributed by atoms with Crippen molar-refractivity contribution in [3.05, 3.63) is 35.2 Å². The second-order valence-corrected chi connectivity index (χ2v) is 5.59. The molecule has 4 heteroatoms. The number of hydrogen-bond donors (Lipinski definition) is 0. The van der Waals surface area contributed by atoms with E-state index in [1.54, 1.807) is 11.3 Å². The number of ether oxygens (including phenoxy) is 1. The number of benzene rings is 1. The summed E-state index contributed by atoms with van der Waals surface area (Å²) in [5, 5.41) is 1.23. The van der Waals surface area contributed by atoms with Gasteiger partial charge in [0.1, 0.15) is 0 Å². The van der Waals surface area contributed by atoms with Crippen molar-refractivity contribution in [1.29, 1.82) is 0 Å². The van der Waals surface area contributed by atoms with Crippen molar-refractivity contribution in [3.8, 4) is 0 Å². The van der Waals surface area contributed by atoms with Crippen molar-refractivity contribution >= 4 is 27.3 Å². The lowest BCUT2D eigenvalue weighted by atomic mass is 10.2. The van der Waals surface area contributed by atoms with Gasteiger partial charge in [-0.05, 0) is 17.5 Å². The predicted octanol–water partition coefficient (Wildman–Crippen LogP) is 2.30. The normalized spacial score (nSPS) is 16.1. The molecule has 0 bridgehead atoms. The number of carbonyl (C=O) groups excluding carboxylic acids is 1. The number of fused-ring (bicyclic) bond motifs is 1. The molecule has 2 aromatic rings. The van der Waals surface area contributed by atoms with Crippen molar-refractivity contribution in [3.63, 3.8) is 0 Å². The van der Waals surface area contributed by atoms with Crippen LogP contribution >= 0.6 is 11.3 Å². The first-order valence-corrected chi connectivity index (χ1v) is 6.97. The number of amides is 1. The molecule has 3 nitrogen and oxygen atoms in total. The number of nitrogens with zero attached hydrogens (tertiary/aromatic N) is 1. The number of morpholine rings is 1. The molecule has 1 aliphatic rings. The molecule has 1 saturated heterocycles. The van der Waals surface area contributed by atoms with Crippen LogP contribution in [0.25, 0.3) is 10.1 Å². The molecule has 0 spiro atoms. The Labute approximate surface area is 110 Å². The van der Waals surface area contributed by atoms with E-state index in [2.05, 4.69) is 18.2 Å². The zero-order chi connectivity index (χ0) is 12.4. The van der Waals surface area contributed by atoms with E-state index in [-0.39, 0.29) is 5.91 Å². The number of rotatable bonds is 2. The van der Waals surface area contributed by atoms with Crippen LogP contribution in [0.1, 0.15) is 4.88 Å². The van der Waals surface area contributed by atoms with Gasteiger partial charge in [-0.3, -0.25) is 4.79 Å². The molecule has 1 aromatic carbocycles. The smallest absolute Gasteiger partial charge is 0.227 e. The zero-order valence-corrected chi connectivity index (χ0v) is 10.9. The summed E-state index contributed by atoms with van der Waals surface area (Å²) in [5.74, 6) is 0.213. The molecule has 94 valence electrons. The van der Waals surface area contributed by atoms with Gasteiger partial charge in [-0.1, -0.05) is 18.2 Å². The highest BCUT2D eigenvalue weighted by atomic mass is 32.1. The molecule has 1 aliphatic heterocycles. The maximum absolute atomic E-state index is 12.1. The van der Waals surface area contributed by atoms with Crippen LogP contribution in [0.4, 0.5) is 0 Å². The first kappa shape index (κ1) is 11.7. The average molecular weight is 261 g/mol. The van der Waals surface area contributed by atoms with Gasteiger partial charge in [0.25, 0.3) is 0 Å². The van der Waals surface area contributed by atoms with Gasteiger partial charge in [0.2, 0.25) is 5.91 Å². The van der Waals surface area contributed by atoms with E-state index in [9.17, 15) is 4.79 Å². The summed E-state index contributed by atoms with van der Waals surface area (Å²) >= 11 is 1.71. The molecular formula is C14H15NO2S.